The molecule has 4 nitrogen and oxygen atoms in total. The highest BCUT2D eigenvalue weighted by atomic mass is 35.5. The van der Waals surface area contributed by atoms with Crippen molar-refractivity contribution >= 4 is 23.3 Å². The molecule has 0 aliphatic carbocycles. The molecule has 1 aromatic carbocycles. The lowest BCUT2D eigenvalue weighted by Gasteiger charge is -2.13. The lowest BCUT2D eigenvalue weighted by molar-refractivity contribution is -0.149. The molecule has 18 heavy (non-hydrogen) atoms. The molecule has 1 fully saturated rings. The van der Waals surface area contributed by atoms with Gasteiger partial charge in [-0.2, -0.15) is 0 Å². The van der Waals surface area contributed by atoms with Gasteiger partial charge < -0.3 is 15.2 Å². The van der Waals surface area contributed by atoms with Gasteiger partial charge in [-0.05, 0) is 31.0 Å². The van der Waals surface area contributed by atoms with E-state index in [1.54, 1.807) is 6.07 Å². The maximum atomic E-state index is 12.9. The Balaban J connectivity index is 1.85. The summed E-state index contributed by atoms with van der Waals surface area (Å²) in [5, 5.41) is 11.9. The third-order valence-corrected chi connectivity index (χ3v) is 3.13. The van der Waals surface area contributed by atoms with E-state index in [-0.39, 0.29) is 11.1 Å². The van der Waals surface area contributed by atoms with Crippen LogP contribution in [0.5, 0.6) is 0 Å². The van der Waals surface area contributed by atoms with Crippen LogP contribution >= 0.6 is 11.6 Å². The van der Waals surface area contributed by atoms with Crippen molar-refractivity contribution in [3.8, 4) is 0 Å². The van der Waals surface area contributed by atoms with E-state index >= 15 is 0 Å². The quantitative estimate of drug-likeness (QED) is 0.885. The van der Waals surface area contributed by atoms with Crippen LogP contribution in [0.4, 0.5) is 10.1 Å². The number of hydrogen-bond donors (Lipinski definition) is 2. The monoisotopic (exact) mass is 273 g/mol. The van der Waals surface area contributed by atoms with E-state index in [4.69, 9.17) is 21.4 Å². The average molecular weight is 274 g/mol. The third-order valence-electron chi connectivity index (χ3n) is 2.84. The number of benzene rings is 1. The van der Waals surface area contributed by atoms with Gasteiger partial charge >= 0.3 is 5.97 Å². The van der Waals surface area contributed by atoms with Gasteiger partial charge in [0.2, 0.25) is 0 Å². The summed E-state index contributed by atoms with van der Waals surface area (Å²) >= 11 is 5.65. The van der Waals surface area contributed by atoms with E-state index in [1.165, 1.54) is 12.1 Å². The second-order valence-electron chi connectivity index (χ2n) is 4.17. The number of hydrogen-bond acceptors (Lipinski definition) is 3. The molecule has 0 aromatic heterocycles. The average Bonchev–Trinajstić information content (AvgIpc) is 2.79. The fraction of sp³-hybridized carbons (Fsp3) is 0.417. The number of anilines is 1. The van der Waals surface area contributed by atoms with E-state index in [2.05, 4.69) is 5.32 Å². The summed E-state index contributed by atoms with van der Waals surface area (Å²) in [5.74, 6) is -1.40. The van der Waals surface area contributed by atoms with Crippen molar-refractivity contribution in [2.45, 2.75) is 25.0 Å². The topological polar surface area (TPSA) is 58.6 Å². The first kappa shape index (κ1) is 13.1. The number of carbonyl (C=O) groups is 1. The third kappa shape index (κ3) is 3.11. The van der Waals surface area contributed by atoms with E-state index in [0.717, 1.165) is 0 Å². The van der Waals surface area contributed by atoms with Gasteiger partial charge in [-0.25, -0.2) is 9.18 Å². The molecular formula is C12H13ClFNO3. The molecule has 0 amide bonds. The van der Waals surface area contributed by atoms with Crippen molar-refractivity contribution in [3.05, 3.63) is 29.0 Å². The van der Waals surface area contributed by atoms with Crippen LogP contribution in [0.1, 0.15) is 12.8 Å². The summed E-state index contributed by atoms with van der Waals surface area (Å²) in [4.78, 5) is 10.7. The van der Waals surface area contributed by atoms with Crippen molar-refractivity contribution in [1.29, 1.82) is 0 Å². The summed E-state index contributed by atoms with van der Waals surface area (Å²) in [5.41, 5.74) is 0.684. The molecule has 2 atom stereocenters. The van der Waals surface area contributed by atoms with E-state index < -0.39 is 17.9 Å². The van der Waals surface area contributed by atoms with Crippen LogP contribution in [-0.2, 0) is 9.53 Å². The fourth-order valence-corrected chi connectivity index (χ4v) is 2.06. The molecule has 1 aliphatic heterocycles. The lowest BCUT2D eigenvalue weighted by atomic mass is 10.2. The highest BCUT2D eigenvalue weighted by Gasteiger charge is 2.30. The summed E-state index contributed by atoms with van der Waals surface area (Å²) in [7, 11) is 0. The number of carboxylic acids is 1. The molecule has 2 N–H and O–H groups in total. The van der Waals surface area contributed by atoms with Crippen molar-refractivity contribution in [2.24, 2.45) is 0 Å². The van der Waals surface area contributed by atoms with Crippen LogP contribution in [0, 0.1) is 5.82 Å². The highest BCUT2D eigenvalue weighted by Crippen LogP contribution is 2.22. The number of aliphatic carboxylic acids is 1. The van der Waals surface area contributed by atoms with E-state index in [0.29, 0.717) is 25.1 Å². The molecule has 1 heterocycles. The smallest absolute Gasteiger partial charge is 0.332 e. The molecule has 98 valence electrons. The molecule has 1 aromatic rings. The molecule has 0 bridgehead atoms. The summed E-state index contributed by atoms with van der Waals surface area (Å²) in [6.07, 6.45) is 0.355. The summed E-state index contributed by atoms with van der Waals surface area (Å²) in [6, 6.07) is 4.34. The van der Waals surface area contributed by atoms with Gasteiger partial charge in [-0.3, -0.25) is 0 Å². The Kier molecular flexibility index (Phi) is 4.04. The van der Waals surface area contributed by atoms with Crippen molar-refractivity contribution in [3.63, 3.8) is 0 Å². The highest BCUT2D eigenvalue weighted by molar-refractivity contribution is 6.31. The van der Waals surface area contributed by atoms with Gasteiger partial charge in [0.15, 0.2) is 6.10 Å². The predicted molar refractivity (Wildman–Crippen MR) is 65.4 cm³/mol. The first-order chi connectivity index (χ1) is 8.56. The van der Waals surface area contributed by atoms with Crippen LogP contribution in [0.2, 0.25) is 5.02 Å². The molecule has 6 heteroatoms. The predicted octanol–water partition coefficient (Wildman–Crippen LogP) is 2.52. The zero-order valence-corrected chi connectivity index (χ0v) is 10.3. The number of nitrogens with one attached hydrogen (secondary N) is 1. The minimum absolute atomic E-state index is 0.0516. The Morgan fingerprint density at radius 1 is 1.56 bits per heavy atom. The maximum Gasteiger partial charge on any atom is 0.332 e. The molecule has 1 saturated heterocycles. The standard InChI is InChI=1S/C12H13ClFNO3/c13-9-5-7(1-3-10(9)14)15-6-8-2-4-11(18-8)12(16)17/h1,3,5,8,11,15H,2,4,6H2,(H,16,17). The van der Waals surface area contributed by atoms with Crippen LogP contribution < -0.4 is 5.32 Å². The first-order valence-corrected chi connectivity index (χ1v) is 6.01. The van der Waals surface area contributed by atoms with Crippen LogP contribution in [0.15, 0.2) is 18.2 Å². The van der Waals surface area contributed by atoms with Crippen LogP contribution in [0.3, 0.4) is 0 Å². The number of rotatable bonds is 4. The van der Waals surface area contributed by atoms with Gasteiger partial charge in [0.1, 0.15) is 5.82 Å². The Bertz CT molecular complexity index is 455. The number of ether oxygens (including phenoxy) is 1. The van der Waals surface area contributed by atoms with Gasteiger partial charge in [0.25, 0.3) is 0 Å². The molecule has 2 unspecified atom stereocenters. The minimum atomic E-state index is -0.928. The second kappa shape index (κ2) is 5.54. The molecule has 1 aliphatic rings. The minimum Gasteiger partial charge on any atom is -0.479 e. The van der Waals surface area contributed by atoms with E-state index in [9.17, 15) is 9.18 Å². The van der Waals surface area contributed by atoms with Gasteiger partial charge in [0.05, 0.1) is 11.1 Å². The van der Waals surface area contributed by atoms with Crippen LogP contribution in [0.25, 0.3) is 0 Å². The second-order valence-corrected chi connectivity index (χ2v) is 4.58. The van der Waals surface area contributed by atoms with Crippen molar-refractivity contribution in [2.75, 3.05) is 11.9 Å². The van der Waals surface area contributed by atoms with E-state index in [1.807, 2.05) is 0 Å². The number of carboxylic acid groups (broad SMARTS) is 1. The summed E-state index contributed by atoms with van der Waals surface area (Å²) in [6.45, 7) is 0.478. The van der Waals surface area contributed by atoms with Gasteiger partial charge in [0, 0.05) is 12.2 Å². The zero-order valence-electron chi connectivity index (χ0n) is 9.53. The van der Waals surface area contributed by atoms with Crippen molar-refractivity contribution < 1.29 is 19.0 Å². The molecular weight excluding hydrogens is 261 g/mol. The van der Waals surface area contributed by atoms with Gasteiger partial charge in [-0.1, -0.05) is 11.6 Å². The number of halogens is 2. The van der Waals surface area contributed by atoms with Gasteiger partial charge in [-0.15, -0.1) is 0 Å². The Labute approximate surface area is 109 Å². The Morgan fingerprint density at radius 3 is 2.94 bits per heavy atom. The maximum absolute atomic E-state index is 12.9. The Morgan fingerprint density at radius 2 is 2.33 bits per heavy atom. The first-order valence-electron chi connectivity index (χ1n) is 5.63. The summed E-state index contributed by atoms with van der Waals surface area (Å²) < 4.78 is 18.3. The lowest BCUT2D eigenvalue weighted by Crippen LogP contribution is -2.24. The molecule has 0 spiro atoms. The van der Waals surface area contributed by atoms with Crippen LogP contribution in [-0.4, -0.2) is 29.8 Å². The molecule has 0 radical (unpaired) electrons. The SMILES string of the molecule is O=C(O)C1CCC(CNc2ccc(F)c(Cl)c2)O1. The molecule has 0 saturated carbocycles. The fourth-order valence-electron chi connectivity index (χ4n) is 1.88. The Hall–Kier alpha value is -1.33. The largest absolute Gasteiger partial charge is 0.479 e. The normalized spacial score (nSPS) is 23.0. The zero-order chi connectivity index (χ0) is 13.1. The van der Waals surface area contributed by atoms with Crippen molar-refractivity contribution in [1.82, 2.24) is 0 Å². The molecule has 2 rings (SSSR count).